The summed E-state index contributed by atoms with van der Waals surface area (Å²) >= 11 is 0. The van der Waals surface area contributed by atoms with E-state index in [0.29, 0.717) is 36.3 Å². The molecule has 1 fully saturated rings. The Labute approximate surface area is 150 Å². The molecule has 1 aliphatic carbocycles. The Kier molecular flexibility index (Phi) is 7.70. The van der Waals surface area contributed by atoms with Crippen LogP contribution in [0.1, 0.15) is 44.9 Å². The van der Waals surface area contributed by atoms with Crippen LogP contribution in [0.25, 0.3) is 0 Å². The number of hydrogen-bond acceptors (Lipinski definition) is 5. The van der Waals surface area contributed by atoms with Crippen LogP contribution in [0.4, 0.5) is 5.69 Å². The first-order valence-corrected chi connectivity index (χ1v) is 9.01. The Hall–Kier alpha value is -2.11. The zero-order valence-corrected chi connectivity index (χ0v) is 15.5. The molecule has 0 bridgehead atoms. The van der Waals surface area contributed by atoms with Gasteiger partial charge in [-0.25, -0.2) is 0 Å². The third kappa shape index (κ3) is 5.73. The van der Waals surface area contributed by atoms with Crippen LogP contribution in [0.2, 0.25) is 0 Å². The van der Waals surface area contributed by atoms with E-state index in [1.807, 2.05) is 12.1 Å². The Balaban J connectivity index is 1.85. The number of benzene rings is 1. The predicted octanol–water partition coefficient (Wildman–Crippen LogP) is 3.35. The van der Waals surface area contributed by atoms with Crippen molar-refractivity contribution in [1.82, 2.24) is 5.32 Å². The van der Waals surface area contributed by atoms with Crippen molar-refractivity contribution in [3.05, 3.63) is 12.1 Å². The van der Waals surface area contributed by atoms with Crippen molar-refractivity contribution in [3.63, 3.8) is 0 Å². The smallest absolute Gasteiger partial charge is 0.221 e. The van der Waals surface area contributed by atoms with E-state index in [1.54, 1.807) is 21.3 Å². The van der Waals surface area contributed by atoms with Crippen LogP contribution in [0.15, 0.2) is 12.1 Å². The summed E-state index contributed by atoms with van der Waals surface area (Å²) in [6, 6.07) is 4.02. The molecule has 6 heteroatoms. The molecule has 6 nitrogen and oxygen atoms in total. The molecular weight excluding hydrogens is 320 g/mol. The largest absolute Gasteiger partial charge is 0.493 e. The van der Waals surface area contributed by atoms with E-state index >= 15 is 0 Å². The highest BCUT2D eigenvalue weighted by molar-refractivity contribution is 5.77. The Morgan fingerprint density at radius 2 is 1.60 bits per heavy atom. The maximum atomic E-state index is 12.1. The van der Waals surface area contributed by atoms with Crippen molar-refractivity contribution in [2.75, 3.05) is 33.2 Å². The summed E-state index contributed by atoms with van der Waals surface area (Å²) in [5, 5.41) is 6.41. The molecule has 1 aromatic rings. The van der Waals surface area contributed by atoms with Gasteiger partial charge in [-0.05, 0) is 12.8 Å². The lowest BCUT2D eigenvalue weighted by Gasteiger charge is -2.17. The highest BCUT2D eigenvalue weighted by atomic mass is 16.5. The SMILES string of the molecule is COc1cc(NCCC(=O)NC2CCCCCC2)cc(OC)c1OC. The maximum absolute atomic E-state index is 12.1. The fourth-order valence-electron chi connectivity index (χ4n) is 3.23. The fourth-order valence-corrected chi connectivity index (χ4v) is 3.23. The Bertz CT molecular complexity index is 529. The van der Waals surface area contributed by atoms with Crippen molar-refractivity contribution >= 4 is 11.6 Å². The maximum Gasteiger partial charge on any atom is 0.221 e. The summed E-state index contributed by atoms with van der Waals surface area (Å²) in [7, 11) is 4.74. The fraction of sp³-hybridized carbons (Fsp3) is 0.632. The van der Waals surface area contributed by atoms with Gasteiger partial charge < -0.3 is 24.8 Å². The van der Waals surface area contributed by atoms with Gasteiger partial charge in [0.15, 0.2) is 11.5 Å². The Morgan fingerprint density at radius 3 is 2.12 bits per heavy atom. The minimum atomic E-state index is 0.104. The van der Waals surface area contributed by atoms with E-state index < -0.39 is 0 Å². The third-order valence-electron chi connectivity index (χ3n) is 4.57. The van der Waals surface area contributed by atoms with Crippen molar-refractivity contribution in [1.29, 1.82) is 0 Å². The minimum Gasteiger partial charge on any atom is -0.493 e. The van der Waals surface area contributed by atoms with Crippen LogP contribution >= 0.6 is 0 Å². The molecule has 0 saturated heterocycles. The number of nitrogens with one attached hydrogen (secondary N) is 2. The second kappa shape index (κ2) is 10.0. The summed E-state index contributed by atoms with van der Waals surface area (Å²) in [4.78, 5) is 12.1. The number of hydrogen-bond donors (Lipinski definition) is 2. The molecule has 0 atom stereocenters. The van der Waals surface area contributed by atoms with Gasteiger partial charge in [0, 0.05) is 36.8 Å². The normalized spacial score (nSPS) is 15.2. The minimum absolute atomic E-state index is 0.104. The Morgan fingerprint density at radius 1 is 1.00 bits per heavy atom. The first-order chi connectivity index (χ1) is 12.2. The first-order valence-electron chi connectivity index (χ1n) is 9.01. The van der Waals surface area contributed by atoms with E-state index in [0.717, 1.165) is 18.5 Å². The third-order valence-corrected chi connectivity index (χ3v) is 4.57. The van der Waals surface area contributed by atoms with Gasteiger partial charge >= 0.3 is 0 Å². The molecule has 140 valence electrons. The number of carbonyl (C=O) groups is 1. The number of carbonyl (C=O) groups excluding carboxylic acids is 1. The highest BCUT2D eigenvalue weighted by Crippen LogP contribution is 2.39. The molecular formula is C19H30N2O4. The van der Waals surface area contributed by atoms with Crippen LogP contribution in [0.3, 0.4) is 0 Å². The summed E-state index contributed by atoms with van der Waals surface area (Å²) in [5.41, 5.74) is 0.830. The molecule has 25 heavy (non-hydrogen) atoms. The molecule has 2 rings (SSSR count). The highest BCUT2D eigenvalue weighted by Gasteiger charge is 2.15. The van der Waals surface area contributed by atoms with E-state index in [9.17, 15) is 4.79 Å². The second-order valence-corrected chi connectivity index (χ2v) is 6.35. The zero-order chi connectivity index (χ0) is 18.1. The van der Waals surface area contributed by atoms with Crippen molar-refractivity contribution in [3.8, 4) is 17.2 Å². The molecule has 0 radical (unpaired) electrons. The van der Waals surface area contributed by atoms with Crippen LogP contribution in [-0.2, 0) is 4.79 Å². The molecule has 0 heterocycles. The quantitative estimate of drug-likeness (QED) is 0.704. The van der Waals surface area contributed by atoms with E-state index in [-0.39, 0.29) is 5.91 Å². The first kappa shape index (κ1) is 19.2. The number of rotatable bonds is 8. The summed E-state index contributed by atoms with van der Waals surface area (Å²) in [5.74, 6) is 1.84. The van der Waals surface area contributed by atoms with Crippen LogP contribution < -0.4 is 24.8 Å². The standard InChI is InChI=1S/C19H30N2O4/c1-23-16-12-15(13-17(24-2)19(16)25-3)20-11-10-18(22)21-14-8-6-4-5-7-9-14/h12-14,20H,4-11H2,1-3H3,(H,21,22). The molecule has 1 saturated carbocycles. The van der Waals surface area contributed by atoms with Crippen LogP contribution in [-0.4, -0.2) is 39.8 Å². The van der Waals surface area contributed by atoms with Gasteiger partial charge in [-0.15, -0.1) is 0 Å². The molecule has 1 aliphatic rings. The molecule has 1 amide bonds. The van der Waals surface area contributed by atoms with Crippen LogP contribution in [0, 0.1) is 0 Å². The number of anilines is 1. The van der Waals surface area contributed by atoms with Gasteiger partial charge in [-0.1, -0.05) is 25.7 Å². The lowest BCUT2D eigenvalue weighted by molar-refractivity contribution is -0.121. The summed E-state index contributed by atoms with van der Waals surface area (Å²) in [6.45, 7) is 0.553. The molecule has 0 aromatic heterocycles. The van der Waals surface area contributed by atoms with Crippen molar-refractivity contribution < 1.29 is 19.0 Å². The molecule has 0 unspecified atom stereocenters. The van der Waals surface area contributed by atoms with Gasteiger partial charge in [-0.2, -0.15) is 0 Å². The summed E-state index contributed by atoms with van der Waals surface area (Å²) < 4.78 is 16.0. The molecule has 2 N–H and O–H groups in total. The number of amides is 1. The topological polar surface area (TPSA) is 68.8 Å². The van der Waals surface area contributed by atoms with Gasteiger partial charge in [0.05, 0.1) is 21.3 Å². The molecule has 0 spiro atoms. The van der Waals surface area contributed by atoms with Gasteiger partial charge in [0.2, 0.25) is 11.7 Å². The van der Waals surface area contributed by atoms with Crippen LogP contribution in [0.5, 0.6) is 17.2 Å². The van der Waals surface area contributed by atoms with E-state index in [1.165, 1.54) is 25.7 Å². The predicted molar refractivity (Wildman–Crippen MR) is 98.8 cm³/mol. The van der Waals surface area contributed by atoms with Gasteiger partial charge in [-0.3, -0.25) is 4.79 Å². The monoisotopic (exact) mass is 350 g/mol. The lowest BCUT2D eigenvalue weighted by atomic mass is 10.1. The molecule has 1 aromatic carbocycles. The van der Waals surface area contributed by atoms with Gasteiger partial charge in [0.25, 0.3) is 0 Å². The average Bonchev–Trinajstić information content (AvgIpc) is 2.89. The van der Waals surface area contributed by atoms with Crippen molar-refractivity contribution in [2.24, 2.45) is 0 Å². The average molecular weight is 350 g/mol. The van der Waals surface area contributed by atoms with Gasteiger partial charge in [0.1, 0.15) is 0 Å². The summed E-state index contributed by atoms with van der Waals surface area (Å²) in [6.07, 6.45) is 7.65. The number of methoxy groups -OCH3 is 3. The lowest BCUT2D eigenvalue weighted by Crippen LogP contribution is -2.35. The zero-order valence-electron chi connectivity index (χ0n) is 15.5. The van der Waals surface area contributed by atoms with E-state index in [4.69, 9.17) is 14.2 Å². The van der Waals surface area contributed by atoms with E-state index in [2.05, 4.69) is 10.6 Å². The van der Waals surface area contributed by atoms with Crippen molar-refractivity contribution in [2.45, 2.75) is 51.0 Å². The molecule has 0 aliphatic heterocycles. The number of ether oxygens (including phenoxy) is 3. The second-order valence-electron chi connectivity index (χ2n) is 6.35.